The van der Waals surface area contributed by atoms with Crippen LogP contribution in [0.4, 0.5) is 11.4 Å². The number of carbonyl (C=O) groups is 2. The Kier molecular flexibility index (Phi) is 5.16. The van der Waals surface area contributed by atoms with Gasteiger partial charge in [0.15, 0.2) is 0 Å². The first-order chi connectivity index (χ1) is 14.4. The quantitative estimate of drug-likeness (QED) is 0.629. The van der Waals surface area contributed by atoms with Crippen LogP contribution in [0.15, 0.2) is 59.1 Å². The van der Waals surface area contributed by atoms with Crippen molar-refractivity contribution in [3.05, 3.63) is 77.2 Å². The number of benzene rings is 2. The highest BCUT2D eigenvalue weighted by Crippen LogP contribution is 2.42. The topological polar surface area (TPSA) is 66.7 Å². The van der Waals surface area contributed by atoms with E-state index in [-0.39, 0.29) is 23.9 Å². The van der Waals surface area contributed by atoms with Gasteiger partial charge in [0.1, 0.15) is 11.3 Å². The Morgan fingerprint density at radius 2 is 1.73 bits per heavy atom. The highest BCUT2D eigenvalue weighted by molar-refractivity contribution is 6.08. The molecule has 0 N–H and O–H groups in total. The van der Waals surface area contributed by atoms with Gasteiger partial charge >= 0.3 is 0 Å². The van der Waals surface area contributed by atoms with Crippen LogP contribution in [-0.4, -0.2) is 23.0 Å². The number of aryl methyl sites for hydroxylation is 2. The van der Waals surface area contributed by atoms with Gasteiger partial charge < -0.3 is 14.3 Å². The van der Waals surface area contributed by atoms with Crippen molar-refractivity contribution < 1.29 is 14.1 Å². The van der Waals surface area contributed by atoms with Crippen LogP contribution >= 0.6 is 0 Å². The molecule has 0 bridgehead atoms. The third kappa shape index (κ3) is 3.28. The number of aromatic nitrogens is 1. The minimum absolute atomic E-state index is 0.0290. The Morgan fingerprint density at radius 3 is 2.37 bits per heavy atom. The van der Waals surface area contributed by atoms with Crippen molar-refractivity contribution in [1.82, 2.24) is 5.16 Å². The summed E-state index contributed by atoms with van der Waals surface area (Å²) >= 11 is 0. The monoisotopic (exact) mass is 403 g/mol. The maximum Gasteiger partial charge on any atom is 0.264 e. The maximum atomic E-state index is 13.5. The Balaban J connectivity index is 1.81. The minimum Gasteiger partial charge on any atom is -0.361 e. The number of hydrogen-bond donors (Lipinski definition) is 0. The number of hydrogen-bond acceptors (Lipinski definition) is 4. The summed E-state index contributed by atoms with van der Waals surface area (Å²) in [7, 11) is 0. The Morgan fingerprint density at radius 1 is 1.07 bits per heavy atom. The van der Waals surface area contributed by atoms with Gasteiger partial charge in [0.05, 0.1) is 11.7 Å². The SMILES string of the molecule is CC(=O)N(c1ccccc1)[C@@H]1C[C@H](C)N(C(=O)c2c(C)noc2C)c2ccccc21. The van der Waals surface area contributed by atoms with Crippen LogP contribution in [-0.2, 0) is 4.79 Å². The van der Waals surface area contributed by atoms with Crippen molar-refractivity contribution in [3.63, 3.8) is 0 Å². The second-order valence-electron chi connectivity index (χ2n) is 7.76. The molecule has 0 aliphatic carbocycles. The number of amides is 2. The van der Waals surface area contributed by atoms with Gasteiger partial charge in [0.25, 0.3) is 5.91 Å². The zero-order valence-electron chi connectivity index (χ0n) is 17.6. The van der Waals surface area contributed by atoms with Gasteiger partial charge in [-0.25, -0.2) is 0 Å². The summed E-state index contributed by atoms with van der Waals surface area (Å²) in [5.41, 5.74) is 3.70. The fourth-order valence-electron chi connectivity index (χ4n) is 4.41. The maximum absolute atomic E-state index is 13.5. The molecule has 154 valence electrons. The van der Waals surface area contributed by atoms with Crippen LogP contribution in [0.2, 0.25) is 0 Å². The van der Waals surface area contributed by atoms with E-state index in [4.69, 9.17) is 4.52 Å². The molecule has 2 amide bonds. The first-order valence-corrected chi connectivity index (χ1v) is 10.1. The zero-order valence-corrected chi connectivity index (χ0v) is 17.6. The minimum atomic E-state index is -0.162. The van der Waals surface area contributed by atoms with E-state index in [1.165, 1.54) is 0 Å². The first kappa shape index (κ1) is 19.9. The van der Waals surface area contributed by atoms with Crippen LogP contribution < -0.4 is 9.80 Å². The zero-order chi connectivity index (χ0) is 21.4. The second-order valence-corrected chi connectivity index (χ2v) is 7.76. The van der Waals surface area contributed by atoms with Crippen molar-refractivity contribution >= 4 is 23.2 Å². The molecule has 0 saturated carbocycles. The molecular formula is C24H25N3O3. The van der Waals surface area contributed by atoms with Gasteiger partial charge in [-0.15, -0.1) is 0 Å². The van der Waals surface area contributed by atoms with Crippen molar-refractivity contribution in [3.8, 4) is 0 Å². The second kappa shape index (κ2) is 7.78. The number of para-hydroxylation sites is 2. The van der Waals surface area contributed by atoms with E-state index in [0.29, 0.717) is 23.4 Å². The largest absolute Gasteiger partial charge is 0.361 e. The normalized spacial score (nSPS) is 18.1. The molecule has 6 nitrogen and oxygen atoms in total. The van der Waals surface area contributed by atoms with E-state index >= 15 is 0 Å². The molecule has 1 aliphatic rings. The van der Waals surface area contributed by atoms with Crippen molar-refractivity contribution in [2.24, 2.45) is 0 Å². The Labute approximate surface area is 176 Å². The molecule has 2 atom stereocenters. The highest BCUT2D eigenvalue weighted by Gasteiger charge is 2.39. The van der Waals surface area contributed by atoms with E-state index in [2.05, 4.69) is 5.16 Å². The summed E-state index contributed by atoms with van der Waals surface area (Å²) in [6.45, 7) is 7.13. The van der Waals surface area contributed by atoms with Crippen molar-refractivity contribution in [2.45, 2.75) is 46.2 Å². The summed E-state index contributed by atoms with van der Waals surface area (Å²) in [5.74, 6) is 0.358. The lowest BCUT2D eigenvalue weighted by Crippen LogP contribution is -2.47. The molecule has 0 saturated heterocycles. The molecule has 6 heteroatoms. The van der Waals surface area contributed by atoms with E-state index < -0.39 is 0 Å². The van der Waals surface area contributed by atoms with E-state index in [9.17, 15) is 9.59 Å². The van der Waals surface area contributed by atoms with E-state index in [1.807, 2.05) is 71.3 Å². The molecule has 2 heterocycles. The smallest absolute Gasteiger partial charge is 0.264 e. The van der Waals surface area contributed by atoms with Crippen LogP contribution in [0.5, 0.6) is 0 Å². The lowest BCUT2D eigenvalue weighted by Gasteiger charge is -2.43. The van der Waals surface area contributed by atoms with Gasteiger partial charge in [0.2, 0.25) is 5.91 Å². The predicted octanol–water partition coefficient (Wildman–Crippen LogP) is 4.82. The van der Waals surface area contributed by atoms with Gasteiger partial charge in [-0.3, -0.25) is 9.59 Å². The molecule has 0 spiro atoms. The van der Waals surface area contributed by atoms with Crippen LogP contribution in [0, 0.1) is 13.8 Å². The Hall–Kier alpha value is -3.41. The molecule has 0 radical (unpaired) electrons. The number of fused-ring (bicyclic) bond motifs is 1. The standard InChI is InChI=1S/C24H25N3O3/c1-15-14-22(27(18(4)28)19-10-6-5-7-11-19)20-12-8-9-13-21(20)26(15)24(29)23-16(2)25-30-17(23)3/h5-13,15,22H,14H2,1-4H3/t15-,22+/m0/s1. The van der Waals surface area contributed by atoms with Gasteiger partial charge in [0, 0.05) is 24.3 Å². The van der Waals surface area contributed by atoms with E-state index in [1.54, 1.807) is 20.8 Å². The first-order valence-electron chi connectivity index (χ1n) is 10.1. The summed E-state index contributed by atoms with van der Waals surface area (Å²) in [6, 6.07) is 17.2. The summed E-state index contributed by atoms with van der Waals surface area (Å²) in [5, 5.41) is 3.94. The van der Waals surface area contributed by atoms with Crippen LogP contribution in [0.25, 0.3) is 0 Å². The lowest BCUT2D eigenvalue weighted by molar-refractivity contribution is -0.117. The molecule has 0 unspecified atom stereocenters. The van der Waals surface area contributed by atoms with E-state index in [0.717, 1.165) is 16.9 Å². The highest BCUT2D eigenvalue weighted by atomic mass is 16.5. The van der Waals surface area contributed by atoms with Gasteiger partial charge in [-0.05, 0) is 51.0 Å². The average Bonchev–Trinajstić information content (AvgIpc) is 3.06. The predicted molar refractivity (Wildman–Crippen MR) is 116 cm³/mol. The average molecular weight is 403 g/mol. The molecule has 3 aromatic rings. The summed E-state index contributed by atoms with van der Waals surface area (Å²) in [4.78, 5) is 29.8. The Bertz CT molecular complexity index is 1070. The number of nitrogens with zero attached hydrogens (tertiary/aromatic N) is 3. The molecule has 0 fully saturated rings. The molecule has 4 rings (SSSR count). The lowest BCUT2D eigenvalue weighted by atomic mass is 9.89. The molecular weight excluding hydrogens is 378 g/mol. The molecule has 2 aromatic carbocycles. The van der Waals surface area contributed by atoms with Crippen LogP contribution in [0.1, 0.15) is 53.7 Å². The molecule has 1 aliphatic heterocycles. The molecule has 30 heavy (non-hydrogen) atoms. The third-order valence-electron chi connectivity index (χ3n) is 5.71. The fraction of sp³-hybridized carbons (Fsp3) is 0.292. The fourth-order valence-corrected chi connectivity index (χ4v) is 4.41. The number of anilines is 2. The molecule has 1 aromatic heterocycles. The number of carbonyl (C=O) groups excluding carboxylic acids is 2. The van der Waals surface area contributed by atoms with Crippen molar-refractivity contribution in [2.75, 3.05) is 9.80 Å². The third-order valence-corrected chi connectivity index (χ3v) is 5.71. The van der Waals surface area contributed by atoms with Gasteiger partial charge in [-0.1, -0.05) is 41.6 Å². The summed E-state index contributed by atoms with van der Waals surface area (Å²) in [6.07, 6.45) is 0.626. The summed E-state index contributed by atoms with van der Waals surface area (Å²) < 4.78 is 5.23. The van der Waals surface area contributed by atoms with Crippen LogP contribution in [0.3, 0.4) is 0 Å². The van der Waals surface area contributed by atoms with Crippen molar-refractivity contribution in [1.29, 1.82) is 0 Å². The van der Waals surface area contributed by atoms with Gasteiger partial charge in [-0.2, -0.15) is 0 Å². The number of rotatable bonds is 3.